The van der Waals surface area contributed by atoms with Crippen LogP contribution in [0.5, 0.6) is 0 Å². The maximum absolute atomic E-state index is 12.5. The van der Waals surface area contributed by atoms with Crippen molar-refractivity contribution in [1.29, 1.82) is 0 Å². The van der Waals surface area contributed by atoms with Crippen LogP contribution < -0.4 is 0 Å². The Morgan fingerprint density at radius 2 is 1.75 bits per heavy atom. The van der Waals surface area contributed by atoms with Gasteiger partial charge in [0.15, 0.2) is 5.69 Å². The number of fused-ring (bicyclic) bond motifs is 2. The molecule has 5 heteroatoms. The summed E-state index contributed by atoms with van der Waals surface area (Å²) in [4.78, 5) is 24.8. The van der Waals surface area contributed by atoms with Crippen molar-refractivity contribution in [2.45, 2.75) is 32.7 Å². The van der Waals surface area contributed by atoms with Crippen molar-refractivity contribution in [1.82, 2.24) is 15.0 Å². The number of nitrogens with zero attached hydrogens (tertiary/aromatic N) is 3. The van der Waals surface area contributed by atoms with E-state index in [1.165, 1.54) is 0 Å². The van der Waals surface area contributed by atoms with Gasteiger partial charge in [0, 0.05) is 17.7 Å². The second-order valence-electron chi connectivity index (χ2n) is 4.92. The van der Waals surface area contributed by atoms with Crippen LogP contribution in [-0.2, 0) is 6.54 Å². The van der Waals surface area contributed by atoms with Crippen LogP contribution in [0.3, 0.4) is 0 Å². The highest BCUT2D eigenvalue weighted by atomic mass is 16.1. The second kappa shape index (κ2) is 5.00. The molecule has 0 aliphatic heterocycles. The van der Waals surface area contributed by atoms with E-state index in [0.717, 1.165) is 19.3 Å². The Hall–Kier alpha value is -2.30. The molecule has 0 bridgehead atoms. The zero-order valence-corrected chi connectivity index (χ0v) is 11.3. The molecule has 0 saturated carbocycles. The van der Waals surface area contributed by atoms with Gasteiger partial charge in [-0.25, -0.2) is 4.68 Å². The van der Waals surface area contributed by atoms with Crippen molar-refractivity contribution >= 4 is 11.6 Å². The molecule has 2 aromatic rings. The van der Waals surface area contributed by atoms with Crippen molar-refractivity contribution in [2.75, 3.05) is 0 Å². The largest absolute Gasteiger partial charge is 0.287 e. The van der Waals surface area contributed by atoms with Gasteiger partial charge in [-0.1, -0.05) is 49.2 Å². The molecule has 0 amide bonds. The van der Waals surface area contributed by atoms with Crippen LogP contribution in [0.4, 0.5) is 0 Å². The number of carbonyl (C=O) groups excluding carboxylic acids is 2. The fourth-order valence-electron chi connectivity index (χ4n) is 2.49. The Morgan fingerprint density at radius 3 is 2.45 bits per heavy atom. The molecule has 0 fully saturated rings. The van der Waals surface area contributed by atoms with E-state index in [1.54, 1.807) is 28.9 Å². The number of hydrogen-bond donors (Lipinski definition) is 0. The highest BCUT2D eigenvalue weighted by Gasteiger charge is 2.34. The van der Waals surface area contributed by atoms with Gasteiger partial charge in [0.1, 0.15) is 5.69 Å². The summed E-state index contributed by atoms with van der Waals surface area (Å²) < 4.78 is 1.57. The summed E-state index contributed by atoms with van der Waals surface area (Å²) >= 11 is 0. The summed E-state index contributed by atoms with van der Waals surface area (Å²) in [7, 11) is 0. The van der Waals surface area contributed by atoms with Gasteiger partial charge in [0.05, 0.1) is 0 Å². The van der Waals surface area contributed by atoms with E-state index in [4.69, 9.17) is 0 Å². The van der Waals surface area contributed by atoms with Crippen LogP contribution in [0.2, 0.25) is 0 Å². The predicted octanol–water partition coefficient (Wildman–Crippen LogP) is 2.24. The standard InChI is InChI=1S/C15H15N3O2/c1-2-3-6-9-18-13-12(16-17-18)14(19)10-7-4-5-8-11(10)15(13)20/h4-5,7-8H,2-3,6,9H2,1H3. The lowest BCUT2D eigenvalue weighted by Gasteiger charge is -2.14. The van der Waals surface area contributed by atoms with Crippen molar-refractivity contribution in [3.05, 3.63) is 46.8 Å². The van der Waals surface area contributed by atoms with Crippen LogP contribution in [0.15, 0.2) is 24.3 Å². The number of carbonyl (C=O) groups is 2. The quantitative estimate of drug-likeness (QED) is 0.681. The minimum atomic E-state index is -0.211. The van der Waals surface area contributed by atoms with E-state index in [9.17, 15) is 9.59 Å². The van der Waals surface area contributed by atoms with Crippen molar-refractivity contribution in [2.24, 2.45) is 0 Å². The summed E-state index contributed by atoms with van der Waals surface area (Å²) in [6, 6.07) is 6.86. The number of rotatable bonds is 4. The smallest absolute Gasteiger partial charge is 0.216 e. The van der Waals surface area contributed by atoms with Gasteiger partial charge in [0.2, 0.25) is 11.6 Å². The molecule has 1 aliphatic carbocycles. The van der Waals surface area contributed by atoms with Gasteiger partial charge in [-0.05, 0) is 6.42 Å². The number of aromatic nitrogens is 3. The molecule has 0 atom stereocenters. The number of hydrogen-bond acceptors (Lipinski definition) is 4. The van der Waals surface area contributed by atoms with Crippen LogP contribution in [-0.4, -0.2) is 26.6 Å². The lowest BCUT2D eigenvalue weighted by Crippen LogP contribution is -2.23. The molecule has 0 radical (unpaired) electrons. The molecule has 0 unspecified atom stereocenters. The molecular formula is C15H15N3O2. The monoisotopic (exact) mass is 269 g/mol. The maximum Gasteiger partial charge on any atom is 0.216 e. The topological polar surface area (TPSA) is 64.8 Å². The van der Waals surface area contributed by atoms with E-state index in [1.807, 2.05) is 0 Å². The van der Waals surface area contributed by atoms with Gasteiger partial charge in [-0.2, -0.15) is 0 Å². The first-order valence-electron chi connectivity index (χ1n) is 6.86. The highest BCUT2D eigenvalue weighted by Crippen LogP contribution is 2.25. The Balaban J connectivity index is 2.02. The van der Waals surface area contributed by atoms with Crippen LogP contribution in [0.1, 0.15) is 58.3 Å². The molecule has 1 aromatic carbocycles. The molecule has 5 nitrogen and oxygen atoms in total. The van der Waals surface area contributed by atoms with Crippen molar-refractivity contribution in [3.63, 3.8) is 0 Å². The predicted molar refractivity (Wildman–Crippen MR) is 72.9 cm³/mol. The summed E-state index contributed by atoms with van der Waals surface area (Å²) in [6.45, 7) is 2.74. The van der Waals surface area contributed by atoms with Gasteiger partial charge in [-0.3, -0.25) is 9.59 Å². The molecule has 3 rings (SSSR count). The summed E-state index contributed by atoms with van der Waals surface area (Å²) in [6.07, 6.45) is 3.08. The average Bonchev–Trinajstić information content (AvgIpc) is 2.89. The maximum atomic E-state index is 12.5. The van der Waals surface area contributed by atoms with E-state index < -0.39 is 0 Å². The molecule has 1 heterocycles. The SMILES string of the molecule is CCCCCn1nnc2c1C(=O)c1ccccc1C2=O. The minimum absolute atomic E-state index is 0.156. The third-order valence-corrected chi connectivity index (χ3v) is 3.56. The molecule has 0 spiro atoms. The van der Waals surface area contributed by atoms with E-state index in [-0.39, 0.29) is 17.3 Å². The lowest BCUT2D eigenvalue weighted by molar-refractivity contribution is 0.0970. The fraction of sp³-hybridized carbons (Fsp3) is 0.333. The number of ketones is 2. The van der Waals surface area contributed by atoms with Crippen LogP contribution in [0.25, 0.3) is 0 Å². The van der Waals surface area contributed by atoms with Crippen LogP contribution >= 0.6 is 0 Å². The van der Waals surface area contributed by atoms with Crippen LogP contribution in [0, 0.1) is 0 Å². The summed E-state index contributed by atoms with van der Waals surface area (Å²) in [5, 5.41) is 7.89. The first-order valence-corrected chi connectivity index (χ1v) is 6.86. The third-order valence-electron chi connectivity index (χ3n) is 3.56. The molecule has 1 aromatic heterocycles. The molecule has 102 valence electrons. The summed E-state index contributed by atoms with van der Waals surface area (Å²) in [5.74, 6) is -0.367. The number of aryl methyl sites for hydroxylation is 1. The average molecular weight is 269 g/mol. The Bertz CT molecular complexity index is 688. The highest BCUT2D eigenvalue weighted by molar-refractivity contribution is 6.26. The van der Waals surface area contributed by atoms with Gasteiger partial charge < -0.3 is 0 Å². The Labute approximate surface area is 116 Å². The minimum Gasteiger partial charge on any atom is -0.287 e. The molecule has 0 saturated heterocycles. The van der Waals surface area contributed by atoms with E-state index >= 15 is 0 Å². The third kappa shape index (κ3) is 1.86. The zero-order valence-electron chi connectivity index (χ0n) is 11.3. The molecule has 1 aliphatic rings. The normalized spacial score (nSPS) is 13.2. The molecular weight excluding hydrogens is 254 g/mol. The zero-order chi connectivity index (χ0) is 14.1. The Morgan fingerprint density at radius 1 is 1.05 bits per heavy atom. The molecule has 0 N–H and O–H groups in total. The van der Waals surface area contributed by atoms with Gasteiger partial charge in [-0.15, -0.1) is 5.10 Å². The van der Waals surface area contributed by atoms with Gasteiger partial charge >= 0.3 is 0 Å². The van der Waals surface area contributed by atoms with Crippen molar-refractivity contribution in [3.8, 4) is 0 Å². The number of benzene rings is 1. The van der Waals surface area contributed by atoms with Crippen molar-refractivity contribution < 1.29 is 9.59 Å². The first-order chi connectivity index (χ1) is 9.74. The first kappa shape index (κ1) is 12.7. The lowest BCUT2D eigenvalue weighted by atomic mass is 9.90. The second-order valence-corrected chi connectivity index (χ2v) is 4.92. The van der Waals surface area contributed by atoms with E-state index in [2.05, 4.69) is 17.2 Å². The summed E-state index contributed by atoms with van der Waals surface area (Å²) in [5.41, 5.74) is 1.39. The fourth-order valence-corrected chi connectivity index (χ4v) is 2.49. The number of unbranched alkanes of at least 4 members (excludes halogenated alkanes) is 2. The Kier molecular flexibility index (Phi) is 3.18. The van der Waals surface area contributed by atoms with E-state index in [0.29, 0.717) is 23.4 Å². The molecule has 20 heavy (non-hydrogen) atoms. The van der Waals surface area contributed by atoms with Gasteiger partial charge in [0.25, 0.3) is 0 Å².